The van der Waals surface area contributed by atoms with Gasteiger partial charge in [0.1, 0.15) is 10.5 Å². The van der Waals surface area contributed by atoms with Crippen LogP contribution in [-0.2, 0) is 49.5 Å². The van der Waals surface area contributed by atoms with E-state index in [1.807, 2.05) is 56.5 Å². The molecule has 1 aromatic heterocycles. The second-order valence-electron chi connectivity index (χ2n) is 19.3. The number of likely N-dealkylation sites (tertiary alicyclic amines) is 1. The van der Waals surface area contributed by atoms with Crippen LogP contribution in [-0.4, -0.2) is 131 Å². The van der Waals surface area contributed by atoms with E-state index in [1.165, 1.54) is 40.4 Å². The number of nitrogens with one attached hydrogen (secondary N) is 2. The summed E-state index contributed by atoms with van der Waals surface area (Å²) in [6, 6.07) is 8.52. The van der Waals surface area contributed by atoms with E-state index in [2.05, 4.69) is 15.6 Å². The number of ketones is 1. The molecule has 1 aliphatic carbocycles. The van der Waals surface area contributed by atoms with Gasteiger partial charge in [0.25, 0.3) is 17.7 Å². The Kier molecular flexibility index (Phi) is 19.6. The number of unbranched alkanes of at least 4 members (excludes halogenated alkanes) is 2. The molecule has 16 nitrogen and oxygen atoms in total. The molecule has 1 saturated heterocycles. The van der Waals surface area contributed by atoms with Gasteiger partial charge in [-0.1, -0.05) is 90.6 Å². The molecule has 1 aromatic carbocycles. The lowest BCUT2D eigenvalue weighted by Crippen LogP contribution is -2.72. The van der Waals surface area contributed by atoms with Crippen LogP contribution in [0.2, 0.25) is 0 Å². The third kappa shape index (κ3) is 12.5. The molecule has 2 fully saturated rings. The van der Waals surface area contributed by atoms with Gasteiger partial charge in [0.15, 0.2) is 11.3 Å². The van der Waals surface area contributed by atoms with Crippen molar-refractivity contribution in [2.75, 3.05) is 34.4 Å². The zero-order chi connectivity index (χ0) is 49.8. The first-order chi connectivity index (χ1) is 32.4. The molecule has 3 aliphatic rings. The van der Waals surface area contributed by atoms with Crippen molar-refractivity contribution < 1.29 is 43.0 Å². The topological polar surface area (TPSA) is 211 Å². The summed E-state index contributed by atoms with van der Waals surface area (Å²) in [5.74, 6) is -4.02. The first-order valence-corrected chi connectivity index (χ1v) is 25.4. The smallest absolute Gasteiger partial charge is 0.253 e. The van der Waals surface area contributed by atoms with Crippen LogP contribution in [0.15, 0.2) is 54.1 Å². The molecule has 8 atom stereocenters. The summed E-state index contributed by atoms with van der Waals surface area (Å²) in [6.45, 7) is 10.00. The maximum atomic E-state index is 15.0. The van der Waals surface area contributed by atoms with E-state index >= 15 is 4.79 Å². The van der Waals surface area contributed by atoms with Crippen LogP contribution >= 0.6 is 11.3 Å². The highest BCUT2D eigenvalue weighted by molar-refractivity contribution is 7.09. The molecule has 5 rings (SSSR count). The molecule has 2 aromatic rings. The number of rotatable bonds is 26. The van der Waals surface area contributed by atoms with Crippen LogP contribution < -0.4 is 16.4 Å². The minimum atomic E-state index is -2.02. The summed E-state index contributed by atoms with van der Waals surface area (Å²) in [4.78, 5) is 105. The molecular weight excluding hydrogens is 887 g/mol. The molecule has 0 spiro atoms. The lowest BCUT2D eigenvalue weighted by atomic mass is 9.72. The second kappa shape index (κ2) is 24.6. The van der Waals surface area contributed by atoms with E-state index in [-0.39, 0.29) is 60.9 Å². The number of carbonyl (C=O) groups excluding carboxylic acids is 7. The van der Waals surface area contributed by atoms with E-state index in [0.717, 1.165) is 17.0 Å². The zero-order valence-electron chi connectivity index (χ0n) is 41.4. The number of aromatic nitrogens is 1. The van der Waals surface area contributed by atoms with Crippen molar-refractivity contribution in [1.82, 2.24) is 30.3 Å². The van der Waals surface area contributed by atoms with Crippen molar-refractivity contribution in [1.29, 1.82) is 0 Å². The number of amides is 6. The summed E-state index contributed by atoms with van der Waals surface area (Å²) in [5, 5.41) is 8.93. The summed E-state index contributed by atoms with van der Waals surface area (Å²) >= 11 is 1.48. The lowest BCUT2D eigenvalue weighted by molar-refractivity contribution is -0.155. The van der Waals surface area contributed by atoms with Crippen molar-refractivity contribution in [3.8, 4) is 0 Å². The van der Waals surface area contributed by atoms with Crippen molar-refractivity contribution in [2.24, 2.45) is 23.5 Å². The van der Waals surface area contributed by atoms with Gasteiger partial charge < -0.3 is 35.6 Å². The van der Waals surface area contributed by atoms with Crippen LogP contribution in [0.3, 0.4) is 0 Å². The number of ether oxygens (including phenoxy) is 2. The average molecular weight is 962 g/mol. The normalized spacial score (nSPS) is 20.4. The summed E-state index contributed by atoms with van der Waals surface area (Å²) in [6.07, 6.45) is 9.07. The Morgan fingerprint density at radius 2 is 1.65 bits per heavy atom. The summed E-state index contributed by atoms with van der Waals surface area (Å²) in [7, 11) is 4.69. The Hall–Kier alpha value is -4.84. The van der Waals surface area contributed by atoms with Crippen LogP contribution in [0.25, 0.3) is 0 Å². The quantitative estimate of drug-likeness (QED) is 0.0626. The van der Waals surface area contributed by atoms with Gasteiger partial charge in [-0.3, -0.25) is 38.5 Å². The Morgan fingerprint density at radius 3 is 2.24 bits per heavy atom. The average Bonchev–Trinajstić information content (AvgIpc) is 4.18. The number of carbonyl (C=O) groups is 7. The van der Waals surface area contributed by atoms with Crippen LogP contribution in [0.4, 0.5) is 0 Å². The van der Waals surface area contributed by atoms with Gasteiger partial charge >= 0.3 is 0 Å². The van der Waals surface area contributed by atoms with Crippen molar-refractivity contribution >= 4 is 52.6 Å². The SMILES string of the molecule is CCC(C)C(C(CC(=O)N1CCC[C@H]1C(OC)C(C)C(=O)NC(Cc1ccccc1)c1nccs1)OC)N(C)C(=O)C(N)(C(=O)C1(NC(=O)CCCCCN2C(=O)C=CC2=O)CCCC1)C(C)C. The maximum absolute atomic E-state index is 15.0. The number of methoxy groups -OCH3 is 2. The number of likely N-dealkylation sites (N-methyl/N-ethyl adjacent to an activating group) is 1. The lowest BCUT2D eigenvalue weighted by Gasteiger charge is -2.45. The van der Waals surface area contributed by atoms with E-state index in [0.29, 0.717) is 70.8 Å². The molecule has 0 radical (unpaired) electrons. The van der Waals surface area contributed by atoms with Crippen LogP contribution in [0.1, 0.15) is 128 Å². The predicted octanol–water partition coefficient (Wildman–Crippen LogP) is 5.30. The number of imide groups is 1. The molecule has 2 aliphatic heterocycles. The molecule has 7 unspecified atom stereocenters. The van der Waals surface area contributed by atoms with Gasteiger partial charge in [0.05, 0.1) is 42.7 Å². The fourth-order valence-electron chi connectivity index (χ4n) is 10.4. The molecule has 17 heteroatoms. The van der Waals surface area contributed by atoms with Gasteiger partial charge in [-0.25, -0.2) is 4.98 Å². The Bertz CT molecular complexity index is 2060. The number of thiazole rings is 1. The molecule has 1 saturated carbocycles. The minimum Gasteiger partial charge on any atom is -0.379 e. The first-order valence-electron chi connectivity index (χ1n) is 24.5. The third-order valence-electron chi connectivity index (χ3n) is 14.7. The maximum Gasteiger partial charge on any atom is 0.253 e. The fraction of sp³-hybridized carbons (Fsp3) is 0.647. The van der Waals surface area contributed by atoms with Crippen LogP contribution in [0.5, 0.6) is 0 Å². The predicted molar refractivity (Wildman–Crippen MR) is 260 cm³/mol. The standard InChI is InChI=1S/C51H75N7O9S/c1-9-34(4)44(56(6)49(65)51(52,33(2)3)48(64)50(25-15-16-26-50)55-40(59)22-14-11-17-28-58-41(60)23-24-42(58)61)39(66-7)32-43(62)57-29-18-21-38(57)45(67-8)35(5)46(63)54-37(47-53-27-30-68-47)31-36-19-12-10-13-20-36/h10,12-13,19-20,23-24,27,30,33-35,37-39,44-45H,9,11,14-18,21-22,25-26,28-29,31-32,52H2,1-8H3,(H,54,63)(H,55,59)/t34?,35?,37?,38-,39?,44?,45?,51?/m0/s1. The molecule has 3 heterocycles. The first kappa shape index (κ1) is 54.1. The number of Topliss-reactive ketones (excluding diaryl/α,β-unsaturated/α-hetero) is 1. The van der Waals surface area contributed by atoms with Gasteiger partial charge in [-0.2, -0.15) is 0 Å². The molecule has 374 valence electrons. The molecular formula is C51H75N7O9S. The van der Waals surface area contributed by atoms with Gasteiger partial charge in [-0.05, 0) is 62.3 Å². The van der Waals surface area contributed by atoms with E-state index in [4.69, 9.17) is 15.2 Å². The number of benzene rings is 1. The van der Waals surface area contributed by atoms with E-state index in [1.54, 1.807) is 39.1 Å². The molecule has 68 heavy (non-hydrogen) atoms. The second-order valence-corrected chi connectivity index (χ2v) is 20.3. The van der Waals surface area contributed by atoms with Gasteiger partial charge in [0.2, 0.25) is 17.7 Å². The minimum absolute atomic E-state index is 0.0748. The third-order valence-corrected chi connectivity index (χ3v) is 15.6. The highest BCUT2D eigenvalue weighted by atomic mass is 32.1. The Balaban J connectivity index is 1.27. The van der Waals surface area contributed by atoms with Gasteiger partial charge in [0, 0.05) is 64.5 Å². The number of nitrogens with two attached hydrogens (primary N) is 1. The number of hydrogen-bond acceptors (Lipinski definition) is 12. The van der Waals surface area contributed by atoms with Crippen molar-refractivity contribution in [3.63, 3.8) is 0 Å². The summed E-state index contributed by atoms with van der Waals surface area (Å²) in [5.41, 5.74) is 4.81. The fourth-order valence-corrected chi connectivity index (χ4v) is 11.1. The monoisotopic (exact) mass is 962 g/mol. The Morgan fingerprint density at radius 1 is 0.971 bits per heavy atom. The zero-order valence-corrected chi connectivity index (χ0v) is 42.2. The van der Waals surface area contributed by atoms with Crippen molar-refractivity contribution in [2.45, 2.75) is 160 Å². The molecule has 6 amide bonds. The highest BCUT2D eigenvalue weighted by Gasteiger charge is 2.57. The molecule has 4 N–H and O–H groups in total. The number of hydrogen-bond donors (Lipinski definition) is 3. The van der Waals surface area contributed by atoms with Crippen molar-refractivity contribution in [3.05, 3.63) is 64.6 Å². The number of nitrogens with zero attached hydrogens (tertiary/aromatic N) is 4. The van der Waals surface area contributed by atoms with Crippen LogP contribution in [0, 0.1) is 17.8 Å². The molecule has 0 bridgehead atoms. The largest absolute Gasteiger partial charge is 0.379 e. The highest BCUT2D eigenvalue weighted by Crippen LogP contribution is 2.38. The van der Waals surface area contributed by atoms with E-state index in [9.17, 15) is 28.8 Å². The Labute approximate surface area is 406 Å². The van der Waals surface area contributed by atoms with E-state index < -0.39 is 58.9 Å². The van der Waals surface area contributed by atoms with Gasteiger partial charge in [-0.15, -0.1) is 11.3 Å². The summed E-state index contributed by atoms with van der Waals surface area (Å²) < 4.78 is 12.2.